The molecule has 1 N–H and O–H groups in total. The van der Waals surface area contributed by atoms with Gasteiger partial charge in [0.15, 0.2) is 0 Å². The van der Waals surface area contributed by atoms with E-state index in [4.69, 9.17) is 5.11 Å². The predicted octanol–water partition coefficient (Wildman–Crippen LogP) is 1.46. The molecule has 0 radical (unpaired) electrons. The molecular weight excluding hydrogens is 436 g/mol. The molecule has 12 heteroatoms. The highest BCUT2D eigenvalue weighted by Crippen LogP contribution is 2.12. The number of esters is 1. The van der Waals surface area contributed by atoms with Crippen LogP contribution in [0, 0.1) is 6.92 Å². The van der Waals surface area contributed by atoms with Crippen LogP contribution in [0.4, 0.5) is 0 Å². The molecule has 0 aromatic heterocycles. The number of benzene rings is 2. The molecule has 0 saturated heterocycles. The third kappa shape index (κ3) is 8.32. The lowest BCUT2D eigenvalue weighted by molar-refractivity contribution is -0.132. The van der Waals surface area contributed by atoms with Crippen molar-refractivity contribution in [2.24, 2.45) is 8.80 Å². The summed E-state index contributed by atoms with van der Waals surface area (Å²) in [6.07, 6.45) is 0.984. The SMILES string of the molecule is COC(=O)/C=N/S(=O)(=O)c1ccc(C)cc1.O=C(O)/C=N/S(=O)(=O)c1ccccc1. The van der Waals surface area contributed by atoms with E-state index in [1.165, 1.54) is 36.4 Å². The third-order valence-electron chi connectivity index (χ3n) is 3.16. The zero-order chi connectivity index (χ0) is 22.8. The molecule has 0 bridgehead atoms. The molecule has 2 aromatic rings. The van der Waals surface area contributed by atoms with Gasteiger partial charge in [0.05, 0.1) is 16.9 Å². The molecule has 0 spiro atoms. The lowest BCUT2D eigenvalue weighted by atomic mass is 10.2. The molecule has 160 valence electrons. The maximum absolute atomic E-state index is 11.6. The maximum atomic E-state index is 11.6. The van der Waals surface area contributed by atoms with Crippen molar-refractivity contribution in [2.75, 3.05) is 7.11 Å². The lowest BCUT2D eigenvalue weighted by Gasteiger charge is -1.98. The highest BCUT2D eigenvalue weighted by atomic mass is 32.2. The number of rotatable bonds is 6. The number of hydrogen-bond acceptors (Lipinski definition) is 7. The fourth-order valence-corrected chi connectivity index (χ4v) is 3.38. The third-order valence-corrected chi connectivity index (χ3v) is 5.66. The molecule has 0 unspecified atom stereocenters. The van der Waals surface area contributed by atoms with Crippen molar-refractivity contribution in [3.8, 4) is 0 Å². The van der Waals surface area contributed by atoms with Gasteiger partial charge in [0.1, 0.15) is 12.4 Å². The second-order valence-electron chi connectivity index (χ2n) is 5.41. The van der Waals surface area contributed by atoms with Gasteiger partial charge in [-0.25, -0.2) is 9.59 Å². The van der Waals surface area contributed by atoms with E-state index >= 15 is 0 Å². The fourth-order valence-electron chi connectivity index (χ4n) is 1.70. The zero-order valence-electron chi connectivity index (χ0n) is 15.9. The van der Waals surface area contributed by atoms with Gasteiger partial charge in [-0.05, 0) is 31.2 Å². The summed E-state index contributed by atoms with van der Waals surface area (Å²) in [6, 6.07) is 13.6. The Labute approximate surface area is 173 Å². The average Bonchev–Trinajstić information content (AvgIpc) is 2.72. The monoisotopic (exact) mass is 454 g/mol. The van der Waals surface area contributed by atoms with Crippen LogP contribution in [0.3, 0.4) is 0 Å². The number of ether oxygens (including phenoxy) is 1. The molecule has 0 atom stereocenters. The zero-order valence-corrected chi connectivity index (χ0v) is 17.5. The van der Waals surface area contributed by atoms with Crippen molar-refractivity contribution in [1.82, 2.24) is 0 Å². The molecule has 0 aliphatic heterocycles. The molecule has 10 nitrogen and oxygen atoms in total. The number of sulfonamides is 2. The summed E-state index contributed by atoms with van der Waals surface area (Å²) in [7, 11) is -6.53. The number of hydrogen-bond donors (Lipinski definition) is 1. The van der Waals surface area contributed by atoms with E-state index < -0.39 is 32.0 Å². The first kappa shape index (κ1) is 24.7. The molecular formula is C18H18N2O8S2. The second kappa shape index (κ2) is 11.0. The summed E-state index contributed by atoms with van der Waals surface area (Å²) in [5.41, 5.74) is 0.941. The van der Waals surface area contributed by atoms with Crippen LogP contribution < -0.4 is 0 Å². The van der Waals surface area contributed by atoms with Crippen molar-refractivity contribution >= 4 is 44.4 Å². The van der Waals surface area contributed by atoms with E-state index in [1.807, 2.05) is 6.92 Å². The standard InChI is InChI=1S/C10H11NO4S.C8H7NO4S/c1-8-3-5-9(6-4-8)16(13,14)11-7-10(12)15-2;10-8(11)6-9-14(12,13)7-4-2-1-3-5-7/h3-7H,1-2H3;1-6H,(H,10,11)/b11-7+;9-6+. The van der Waals surface area contributed by atoms with Crippen LogP contribution in [0.5, 0.6) is 0 Å². The largest absolute Gasteiger partial charge is 0.477 e. The summed E-state index contributed by atoms with van der Waals surface area (Å²) in [5, 5.41) is 8.21. The Morgan fingerprint density at radius 3 is 1.77 bits per heavy atom. The van der Waals surface area contributed by atoms with Crippen LogP contribution in [0.1, 0.15) is 5.56 Å². The molecule has 0 aliphatic carbocycles. The van der Waals surface area contributed by atoms with Gasteiger partial charge in [-0.2, -0.15) is 25.6 Å². The van der Waals surface area contributed by atoms with Crippen molar-refractivity contribution in [2.45, 2.75) is 16.7 Å². The Morgan fingerprint density at radius 1 is 0.833 bits per heavy atom. The van der Waals surface area contributed by atoms with E-state index in [9.17, 15) is 26.4 Å². The van der Waals surface area contributed by atoms with Gasteiger partial charge in [-0.15, -0.1) is 0 Å². The average molecular weight is 454 g/mol. The lowest BCUT2D eigenvalue weighted by Crippen LogP contribution is -2.05. The van der Waals surface area contributed by atoms with Crippen LogP contribution in [0.25, 0.3) is 0 Å². The number of nitrogens with zero attached hydrogens (tertiary/aromatic N) is 2. The number of carbonyl (C=O) groups excluding carboxylic acids is 1. The van der Waals surface area contributed by atoms with E-state index in [2.05, 4.69) is 13.5 Å². The Hall–Kier alpha value is -3.38. The molecule has 30 heavy (non-hydrogen) atoms. The summed E-state index contributed by atoms with van der Waals surface area (Å²) < 4.78 is 56.1. The van der Waals surface area contributed by atoms with Crippen LogP contribution in [0.2, 0.25) is 0 Å². The van der Waals surface area contributed by atoms with Gasteiger partial charge in [-0.3, -0.25) is 0 Å². The molecule has 2 rings (SSSR count). The van der Waals surface area contributed by atoms with Crippen LogP contribution >= 0.6 is 0 Å². The quantitative estimate of drug-likeness (QED) is 0.508. The molecule has 0 saturated carbocycles. The van der Waals surface area contributed by atoms with Crippen LogP contribution in [0.15, 0.2) is 73.2 Å². The molecule has 0 heterocycles. The second-order valence-corrected chi connectivity index (χ2v) is 8.67. The summed E-state index contributed by atoms with van der Waals surface area (Å²) in [5.74, 6) is -2.21. The van der Waals surface area contributed by atoms with Gasteiger partial charge in [0.25, 0.3) is 20.0 Å². The number of methoxy groups -OCH3 is 1. The Bertz CT molecular complexity index is 1140. The van der Waals surface area contributed by atoms with Crippen molar-refractivity contribution in [3.05, 3.63) is 60.2 Å². The summed E-state index contributed by atoms with van der Waals surface area (Å²) >= 11 is 0. The normalized spacial score (nSPS) is 11.7. The van der Waals surface area contributed by atoms with Gasteiger partial charge in [0, 0.05) is 0 Å². The Morgan fingerprint density at radius 2 is 1.30 bits per heavy atom. The maximum Gasteiger partial charge on any atom is 0.350 e. The molecule has 0 fully saturated rings. The van der Waals surface area contributed by atoms with Crippen molar-refractivity contribution in [1.29, 1.82) is 0 Å². The number of aryl methyl sites for hydroxylation is 1. The fraction of sp³-hybridized carbons (Fsp3) is 0.111. The van der Waals surface area contributed by atoms with E-state index in [0.29, 0.717) is 12.4 Å². The first-order chi connectivity index (χ1) is 14.0. The minimum absolute atomic E-state index is 0.0301. The predicted molar refractivity (Wildman–Crippen MR) is 109 cm³/mol. The summed E-state index contributed by atoms with van der Waals surface area (Å²) in [4.78, 5) is 20.8. The number of carbonyl (C=O) groups is 2. The van der Waals surface area contributed by atoms with Crippen molar-refractivity contribution in [3.63, 3.8) is 0 Å². The van der Waals surface area contributed by atoms with Gasteiger partial charge in [0.2, 0.25) is 0 Å². The van der Waals surface area contributed by atoms with Gasteiger partial charge >= 0.3 is 11.9 Å². The number of aliphatic carboxylic acids is 1. The van der Waals surface area contributed by atoms with Crippen LogP contribution in [-0.4, -0.2) is 53.4 Å². The first-order valence-electron chi connectivity index (χ1n) is 8.01. The Balaban J connectivity index is 0.000000303. The topological polar surface area (TPSA) is 157 Å². The minimum atomic E-state index is -3.87. The van der Waals surface area contributed by atoms with Gasteiger partial charge in [-0.1, -0.05) is 35.9 Å². The van der Waals surface area contributed by atoms with E-state index in [1.54, 1.807) is 18.2 Å². The number of carboxylic acids is 1. The smallest absolute Gasteiger partial charge is 0.350 e. The Kier molecular flexibility index (Phi) is 9.02. The highest BCUT2D eigenvalue weighted by Gasteiger charge is 2.12. The van der Waals surface area contributed by atoms with E-state index in [0.717, 1.165) is 12.7 Å². The van der Waals surface area contributed by atoms with Crippen LogP contribution in [-0.2, 0) is 34.4 Å². The summed E-state index contributed by atoms with van der Waals surface area (Å²) in [6.45, 7) is 1.84. The van der Waals surface area contributed by atoms with Crippen molar-refractivity contribution < 1.29 is 36.3 Å². The molecule has 2 aromatic carbocycles. The highest BCUT2D eigenvalue weighted by molar-refractivity contribution is 7.90. The van der Waals surface area contributed by atoms with E-state index in [-0.39, 0.29) is 9.79 Å². The minimum Gasteiger partial charge on any atom is -0.477 e. The van der Waals surface area contributed by atoms with Gasteiger partial charge < -0.3 is 9.84 Å². The molecule has 0 amide bonds. The molecule has 0 aliphatic rings. The number of carboxylic acid groups (broad SMARTS) is 1. The first-order valence-corrected chi connectivity index (χ1v) is 10.9.